The summed E-state index contributed by atoms with van der Waals surface area (Å²) in [5.41, 5.74) is 1.13. The van der Waals surface area contributed by atoms with E-state index in [1.54, 1.807) is 16.2 Å². The van der Waals surface area contributed by atoms with E-state index in [9.17, 15) is 14.4 Å². The van der Waals surface area contributed by atoms with Gasteiger partial charge in [0.05, 0.1) is 17.7 Å². The van der Waals surface area contributed by atoms with Gasteiger partial charge >= 0.3 is 5.69 Å². The molecule has 0 aliphatic carbocycles. The number of fused-ring (bicyclic) bond motifs is 1. The zero-order valence-electron chi connectivity index (χ0n) is 21.4. The molecule has 6 heteroatoms. The smallest absolute Gasteiger partial charge is 0.329 e. The SMILES string of the molecule is CCCC(=O)CCC(C(C)=O)n1c(=O)n(C)c2c(OC(CCC)CCC(C)CC)cccc21. The molecule has 6 nitrogen and oxygen atoms in total. The van der Waals surface area contributed by atoms with Crippen LogP contribution in [-0.4, -0.2) is 26.8 Å². The van der Waals surface area contributed by atoms with Crippen LogP contribution in [0.1, 0.15) is 98.4 Å². The van der Waals surface area contributed by atoms with Crippen molar-refractivity contribution in [1.29, 1.82) is 0 Å². The number of Topliss-reactive ketones (excluding diaryl/α,β-unsaturated/α-hetero) is 2. The van der Waals surface area contributed by atoms with Gasteiger partial charge in [0, 0.05) is 19.9 Å². The van der Waals surface area contributed by atoms with Crippen LogP contribution in [0.25, 0.3) is 11.0 Å². The molecule has 0 bridgehead atoms. The number of carbonyl (C=O) groups is 2. The Labute approximate surface area is 198 Å². The predicted octanol–water partition coefficient (Wildman–Crippen LogP) is 5.99. The van der Waals surface area contributed by atoms with Crippen molar-refractivity contribution in [3.63, 3.8) is 0 Å². The molecule has 0 fully saturated rings. The molecule has 0 amide bonds. The quantitative estimate of drug-likeness (QED) is 0.328. The van der Waals surface area contributed by atoms with Gasteiger partial charge in [0.1, 0.15) is 17.0 Å². The fourth-order valence-corrected chi connectivity index (χ4v) is 4.45. The average Bonchev–Trinajstić information content (AvgIpc) is 3.03. The number of benzene rings is 1. The van der Waals surface area contributed by atoms with Crippen molar-refractivity contribution in [3.05, 3.63) is 28.7 Å². The molecule has 0 radical (unpaired) electrons. The number of hydrogen-bond donors (Lipinski definition) is 0. The number of ketones is 2. The maximum atomic E-state index is 13.3. The Morgan fingerprint density at radius 2 is 1.73 bits per heavy atom. The first-order valence-corrected chi connectivity index (χ1v) is 12.6. The lowest BCUT2D eigenvalue weighted by molar-refractivity contribution is -0.121. The van der Waals surface area contributed by atoms with Crippen LogP contribution in [0.2, 0.25) is 0 Å². The van der Waals surface area contributed by atoms with Gasteiger partial charge < -0.3 is 4.74 Å². The van der Waals surface area contributed by atoms with Crippen LogP contribution in [0.15, 0.2) is 23.0 Å². The Morgan fingerprint density at radius 1 is 1.00 bits per heavy atom. The summed E-state index contributed by atoms with van der Waals surface area (Å²) in [6, 6.07) is 4.99. The molecule has 0 saturated heterocycles. The van der Waals surface area contributed by atoms with Crippen LogP contribution < -0.4 is 10.4 Å². The molecule has 1 aromatic heterocycles. The highest BCUT2D eigenvalue weighted by atomic mass is 16.5. The van der Waals surface area contributed by atoms with Crippen molar-refractivity contribution >= 4 is 22.6 Å². The summed E-state index contributed by atoms with van der Waals surface area (Å²) < 4.78 is 9.60. The van der Waals surface area contributed by atoms with Gasteiger partial charge in [-0.1, -0.05) is 46.6 Å². The highest BCUT2D eigenvalue weighted by Crippen LogP contribution is 2.30. The molecule has 33 heavy (non-hydrogen) atoms. The molecule has 3 atom stereocenters. The first kappa shape index (κ1) is 26.9. The highest BCUT2D eigenvalue weighted by Gasteiger charge is 2.25. The largest absolute Gasteiger partial charge is 0.488 e. The van der Waals surface area contributed by atoms with E-state index in [1.807, 2.05) is 25.1 Å². The number of aromatic nitrogens is 2. The van der Waals surface area contributed by atoms with E-state index in [-0.39, 0.29) is 23.4 Å². The van der Waals surface area contributed by atoms with E-state index in [0.717, 1.165) is 38.5 Å². The lowest BCUT2D eigenvalue weighted by Crippen LogP contribution is -2.30. The van der Waals surface area contributed by atoms with Gasteiger partial charge in [-0.3, -0.25) is 18.7 Å². The van der Waals surface area contributed by atoms with Crippen LogP contribution in [0, 0.1) is 5.92 Å². The fraction of sp³-hybridized carbons (Fsp3) is 0.667. The van der Waals surface area contributed by atoms with Gasteiger partial charge in [0.25, 0.3) is 0 Å². The molecule has 3 unspecified atom stereocenters. The Kier molecular flexibility index (Phi) is 10.4. The van der Waals surface area contributed by atoms with Crippen LogP contribution in [0.4, 0.5) is 0 Å². The number of para-hydroxylation sites is 1. The predicted molar refractivity (Wildman–Crippen MR) is 134 cm³/mol. The monoisotopic (exact) mass is 458 g/mol. The molecule has 0 saturated carbocycles. The molecule has 184 valence electrons. The van der Waals surface area contributed by atoms with Gasteiger partial charge in [-0.25, -0.2) is 4.79 Å². The molecule has 0 aliphatic rings. The van der Waals surface area contributed by atoms with Gasteiger partial charge in [-0.15, -0.1) is 0 Å². The van der Waals surface area contributed by atoms with Crippen molar-refractivity contribution in [3.8, 4) is 5.75 Å². The van der Waals surface area contributed by atoms with E-state index in [2.05, 4.69) is 20.8 Å². The number of ether oxygens (including phenoxy) is 1. The lowest BCUT2D eigenvalue weighted by Gasteiger charge is -2.21. The fourth-order valence-electron chi connectivity index (χ4n) is 4.45. The normalized spacial score (nSPS) is 14.2. The van der Waals surface area contributed by atoms with E-state index >= 15 is 0 Å². The third kappa shape index (κ3) is 6.81. The standard InChI is InChI=1S/C27H42N2O4/c1-7-11-21(31)16-18-23(20(5)30)29-24-13-10-14-25(26(24)28(6)27(29)32)33-22(12-8-2)17-15-19(4)9-3/h10,13-14,19,22-23H,7-9,11-12,15-18H2,1-6H3. The highest BCUT2D eigenvalue weighted by molar-refractivity contribution is 5.87. The Hall–Kier alpha value is -2.37. The van der Waals surface area contributed by atoms with E-state index < -0.39 is 6.04 Å². The number of rotatable bonds is 15. The molecular weight excluding hydrogens is 416 g/mol. The van der Waals surface area contributed by atoms with Crippen molar-refractivity contribution in [1.82, 2.24) is 9.13 Å². The van der Waals surface area contributed by atoms with Crippen LogP contribution >= 0.6 is 0 Å². The van der Waals surface area contributed by atoms with Gasteiger partial charge in [-0.05, 0) is 57.1 Å². The van der Waals surface area contributed by atoms with Crippen LogP contribution in [0.3, 0.4) is 0 Å². The van der Waals surface area contributed by atoms with Crippen LogP contribution in [-0.2, 0) is 16.6 Å². The van der Waals surface area contributed by atoms with E-state index in [0.29, 0.717) is 42.0 Å². The molecule has 2 rings (SSSR count). The van der Waals surface area contributed by atoms with E-state index in [1.165, 1.54) is 6.92 Å². The maximum absolute atomic E-state index is 13.3. The number of hydrogen-bond acceptors (Lipinski definition) is 4. The number of nitrogens with zero attached hydrogens (tertiary/aromatic N) is 2. The Bertz CT molecular complexity index is 988. The second kappa shape index (κ2) is 12.8. The maximum Gasteiger partial charge on any atom is 0.329 e. The van der Waals surface area contributed by atoms with Crippen molar-refractivity contribution in [2.75, 3.05) is 0 Å². The molecule has 0 spiro atoms. The zero-order valence-corrected chi connectivity index (χ0v) is 21.4. The topological polar surface area (TPSA) is 70.3 Å². The summed E-state index contributed by atoms with van der Waals surface area (Å²) in [5.74, 6) is 1.35. The second-order valence-corrected chi connectivity index (χ2v) is 9.41. The first-order chi connectivity index (χ1) is 15.7. The van der Waals surface area contributed by atoms with Crippen molar-refractivity contribution < 1.29 is 14.3 Å². The second-order valence-electron chi connectivity index (χ2n) is 9.41. The minimum Gasteiger partial charge on any atom is -0.488 e. The molecular formula is C27H42N2O4. The summed E-state index contributed by atoms with van der Waals surface area (Å²) in [6.07, 6.45) is 7.23. The summed E-state index contributed by atoms with van der Waals surface area (Å²) in [7, 11) is 1.72. The molecule has 0 aliphatic heterocycles. The minimum atomic E-state index is -0.658. The Morgan fingerprint density at radius 3 is 2.33 bits per heavy atom. The summed E-state index contributed by atoms with van der Waals surface area (Å²) >= 11 is 0. The molecule has 2 aromatic rings. The number of imidazole rings is 1. The summed E-state index contributed by atoms with van der Waals surface area (Å²) in [5, 5.41) is 0. The van der Waals surface area contributed by atoms with Gasteiger partial charge in [-0.2, -0.15) is 0 Å². The van der Waals surface area contributed by atoms with Crippen molar-refractivity contribution in [2.45, 2.75) is 105 Å². The third-order valence-corrected chi connectivity index (χ3v) is 6.65. The number of aryl methyl sites for hydroxylation is 1. The lowest BCUT2D eigenvalue weighted by atomic mass is 9.98. The van der Waals surface area contributed by atoms with Gasteiger partial charge in [0.2, 0.25) is 0 Å². The van der Waals surface area contributed by atoms with Crippen molar-refractivity contribution in [2.24, 2.45) is 13.0 Å². The summed E-state index contributed by atoms with van der Waals surface area (Å²) in [6.45, 7) is 10.1. The minimum absolute atomic E-state index is 0.0864. The third-order valence-electron chi connectivity index (χ3n) is 6.65. The van der Waals surface area contributed by atoms with Gasteiger partial charge in [0.15, 0.2) is 5.78 Å². The molecule has 1 heterocycles. The average molecular weight is 459 g/mol. The first-order valence-electron chi connectivity index (χ1n) is 12.6. The van der Waals surface area contributed by atoms with Crippen LogP contribution in [0.5, 0.6) is 5.75 Å². The van der Waals surface area contributed by atoms with E-state index in [4.69, 9.17) is 4.74 Å². The zero-order chi connectivity index (χ0) is 24.5. The summed E-state index contributed by atoms with van der Waals surface area (Å²) in [4.78, 5) is 37.9. The Balaban J connectivity index is 2.42. The number of carbonyl (C=O) groups excluding carboxylic acids is 2. The molecule has 1 aromatic carbocycles. The molecule has 0 N–H and O–H groups in total.